The molecule has 0 N–H and O–H groups in total. The molecule has 0 saturated heterocycles. The van der Waals surface area contributed by atoms with E-state index in [-0.39, 0.29) is 0 Å². The molecule has 0 atom stereocenters. The van der Waals surface area contributed by atoms with E-state index < -0.39 is 0 Å². The molecule has 9 aromatic carbocycles. The van der Waals surface area contributed by atoms with Crippen molar-refractivity contribution in [3.8, 4) is 27.9 Å². The zero-order valence-corrected chi connectivity index (χ0v) is 30.7. The Bertz CT molecular complexity index is 3180. The molecule has 2 heterocycles. The molecular weight excluding hydrogens is 685 g/mol. The van der Waals surface area contributed by atoms with E-state index in [0.29, 0.717) is 0 Å². The highest BCUT2D eigenvalue weighted by Crippen LogP contribution is 2.45. The van der Waals surface area contributed by atoms with Crippen LogP contribution in [-0.2, 0) is 0 Å². The summed E-state index contributed by atoms with van der Waals surface area (Å²) in [4.78, 5) is 2.42. The number of para-hydroxylation sites is 2. The SMILES string of the molecule is c1ccc(-c2ccc(N(c3ccc(-c4ccc5cc6c7ccccc7n(-c7ccccc7)c6cc5c4)cc3)c3cccc4sc5ccccc5c34)cc2)cc1. The quantitative estimate of drug-likeness (QED) is 0.166. The minimum Gasteiger partial charge on any atom is -0.310 e. The van der Waals surface area contributed by atoms with Crippen LogP contribution in [0.3, 0.4) is 0 Å². The Hall–Kier alpha value is -6.94. The average molecular weight is 719 g/mol. The van der Waals surface area contributed by atoms with E-state index in [1.165, 1.54) is 86.4 Å². The van der Waals surface area contributed by atoms with Gasteiger partial charge in [-0.1, -0.05) is 127 Å². The molecule has 258 valence electrons. The van der Waals surface area contributed by atoms with Crippen LogP contribution >= 0.6 is 11.3 Å². The Morgan fingerprint density at radius 2 is 0.964 bits per heavy atom. The van der Waals surface area contributed by atoms with Crippen molar-refractivity contribution in [1.82, 2.24) is 4.57 Å². The van der Waals surface area contributed by atoms with Gasteiger partial charge in [0.1, 0.15) is 0 Å². The molecule has 0 bridgehead atoms. The number of aromatic nitrogens is 1. The second-order valence-electron chi connectivity index (χ2n) is 14.2. The summed E-state index contributed by atoms with van der Waals surface area (Å²) in [6.45, 7) is 0. The third-order valence-corrected chi connectivity index (χ3v) is 12.1. The predicted molar refractivity (Wildman–Crippen MR) is 237 cm³/mol. The molecule has 3 heteroatoms. The van der Waals surface area contributed by atoms with Crippen LogP contribution in [0.15, 0.2) is 206 Å². The molecule has 0 unspecified atom stereocenters. The number of hydrogen-bond donors (Lipinski definition) is 0. The monoisotopic (exact) mass is 718 g/mol. The van der Waals surface area contributed by atoms with E-state index in [0.717, 1.165) is 11.4 Å². The zero-order valence-electron chi connectivity index (χ0n) is 29.9. The number of anilines is 3. The number of thiophene rings is 1. The molecule has 0 radical (unpaired) electrons. The molecule has 0 amide bonds. The molecule has 11 aromatic rings. The number of hydrogen-bond acceptors (Lipinski definition) is 2. The van der Waals surface area contributed by atoms with Crippen LogP contribution in [0.5, 0.6) is 0 Å². The van der Waals surface area contributed by atoms with E-state index in [1.54, 1.807) is 0 Å². The lowest BCUT2D eigenvalue weighted by Crippen LogP contribution is -2.10. The van der Waals surface area contributed by atoms with Crippen LogP contribution in [0.25, 0.3) is 80.7 Å². The van der Waals surface area contributed by atoms with Crippen LogP contribution in [0.2, 0.25) is 0 Å². The van der Waals surface area contributed by atoms with E-state index in [4.69, 9.17) is 0 Å². The molecule has 0 aliphatic carbocycles. The number of rotatable bonds is 6. The van der Waals surface area contributed by atoms with Gasteiger partial charge in [0, 0.05) is 48.0 Å². The fraction of sp³-hybridized carbons (Fsp3) is 0. The van der Waals surface area contributed by atoms with Gasteiger partial charge in [-0.2, -0.15) is 0 Å². The van der Waals surface area contributed by atoms with Crippen molar-refractivity contribution in [2.45, 2.75) is 0 Å². The first-order valence-corrected chi connectivity index (χ1v) is 19.6. The summed E-state index contributed by atoms with van der Waals surface area (Å²) in [5.74, 6) is 0. The molecule has 0 spiro atoms. The Morgan fingerprint density at radius 1 is 0.364 bits per heavy atom. The van der Waals surface area contributed by atoms with Gasteiger partial charge in [0.25, 0.3) is 0 Å². The van der Waals surface area contributed by atoms with Gasteiger partial charge < -0.3 is 9.47 Å². The van der Waals surface area contributed by atoms with Crippen molar-refractivity contribution in [3.05, 3.63) is 206 Å². The van der Waals surface area contributed by atoms with E-state index in [9.17, 15) is 0 Å². The van der Waals surface area contributed by atoms with Crippen molar-refractivity contribution in [3.63, 3.8) is 0 Å². The highest BCUT2D eigenvalue weighted by atomic mass is 32.1. The highest BCUT2D eigenvalue weighted by molar-refractivity contribution is 7.26. The normalized spacial score (nSPS) is 11.6. The summed E-state index contributed by atoms with van der Waals surface area (Å²) in [6.07, 6.45) is 0. The molecule has 0 fully saturated rings. The molecule has 2 nitrogen and oxygen atoms in total. The second kappa shape index (κ2) is 12.9. The van der Waals surface area contributed by atoms with Crippen LogP contribution in [0.4, 0.5) is 17.1 Å². The van der Waals surface area contributed by atoms with Gasteiger partial charge >= 0.3 is 0 Å². The van der Waals surface area contributed by atoms with Gasteiger partial charge in [-0.3, -0.25) is 0 Å². The Morgan fingerprint density at radius 3 is 1.73 bits per heavy atom. The second-order valence-corrected chi connectivity index (χ2v) is 15.2. The Balaban J connectivity index is 1.03. The molecule has 55 heavy (non-hydrogen) atoms. The summed E-state index contributed by atoms with van der Waals surface area (Å²) in [6, 6.07) is 75.1. The third kappa shape index (κ3) is 5.32. The number of nitrogens with zero attached hydrogens (tertiary/aromatic N) is 2. The van der Waals surface area contributed by atoms with E-state index >= 15 is 0 Å². The van der Waals surface area contributed by atoms with Crippen molar-refractivity contribution in [2.24, 2.45) is 0 Å². The Kier molecular flexibility index (Phi) is 7.39. The standard InChI is InChI=1S/C52H34N2S/c1-3-12-35(13-4-1)36-24-28-42(29-25-36)53(48-19-11-21-51-52(48)45-17-8-10-20-50(45)55-51)43-30-26-37(27-31-43)38-22-23-39-33-46-44-16-7-9-18-47(44)54(41-14-5-2-6-15-41)49(46)34-40(39)32-38/h1-34H. The lowest BCUT2D eigenvalue weighted by atomic mass is 9.99. The average Bonchev–Trinajstić information content (AvgIpc) is 3.80. The summed E-state index contributed by atoms with van der Waals surface area (Å²) in [5.41, 5.74) is 11.8. The van der Waals surface area contributed by atoms with Crippen LogP contribution < -0.4 is 4.90 Å². The van der Waals surface area contributed by atoms with Gasteiger partial charge in [0.15, 0.2) is 0 Å². The highest BCUT2D eigenvalue weighted by Gasteiger charge is 2.19. The van der Waals surface area contributed by atoms with Crippen LogP contribution in [0.1, 0.15) is 0 Å². The topological polar surface area (TPSA) is 8.17 Å². The fourth-order valence-corrected chi connectivity index (χ4v) is 9.48. The smallest absolute Gasteiger partial charge is 0.0554 e. The molecular formula is C52H34N2S. The first-order chi connectivity index (χ1) is 27.3. The van der Waals surface area contributed by atoms with Crippen molar-refractivity contribution in [2.75, 3.05) is 4.90 Å². The maximum atomic E-state index is 2.42. The minimum absolute atomic E-state index is 1.12. The van der Waals surface area contributed by atoms with Gasteiger partial charge in [0.05, 0.1) is 16.7 Å². The summed E-state index contributed by atoms with van der Waals surface area (Å²) < 4.78 is 4.99. The van der Waals surface area contributed by atoms with Gasteiger partial charge in [0.2, 0.25) is 0 Å². The summed E-state index contributed by atoms with van der Waals surface area (Å²) >= 11 is 1.86. The third-order valence-electron chi connectivity index (χ3n) is 11.0. The molecule has 0 aliphatic heterocycles. The maximum absolute atomic E-state index is 2.42. The van der Waals surface area contributed by atoms with Crippen molar-refractivity contribution in [1.29, 1.82) is 0 Å². The first-order valence-electron chi connectivity index (χ1n) is 18.8. The van der Waals surface area contributed by atoms with Crippen LogP contribution in [-0.4, -0.2) is 4.57 Å². The molecule has 0 saturated carbocycles. The minimum atomic E-state index is 1.12. The zero-order chi connectivity index (χ0) is 36.3. The summed E-state index contributed by atoms with van der Waals surface area (Å²) in [7, 11) is 0. The largest absolute Gasteiger partial charge is 0.310 e. The van der Waals surface area contributed by atoms with Crippen LogP contribution in [0, 0.1) is 0 Å². The van der Waals surface area contributed by atoms with Gasteiger partial charge in [-0.05, 0) is 112 Å². The molecule has 2 aromatic heterocycles. The number of fused-ring (bicyclic) bond motifs is 7. The summed E-state index contributed by atoms with van der Waals surface area (Å²) in [5, 5.41) is 7.59. The molecule has 11 rings (SSSR count). The van der Waals surface area contributed by atoms with Gasteiger partial charge in [-0.25, -0.2) is 0 Å². The Labute approximate surface area is 323 Å². The first kappa shape index (κ1) is 31.6. The molecule has 0 aliphatic rings. The fourth-order valence-electron chi connectivity index (χ4n) is 8.35. The number of benzene rings is 9. The van der Waals surface area contributed by atoms with Gasteiger partial charge in [-0.15, -0.1) is 11.3 Å². The lowest BCUT2D eigenvalue weighted by molar-refractivity contribution is 1.18. The van der Waals surface area contributed by atoms with Crippen molar-refractivity contribution < 1.29 is 0 Å². The van der Waals surface area contributed by atoms with E-state index in [2.05, 4.69) is 216 Å². The van der Waals surface area contributed by atoms with Crippen molar-refractivity contribution >= 4 is 81.1 Å². The predicted octanol–water partition coefficient (Wildman–Crippen LogP) is 15.1. The maximum Gasteiger partial charge on any atom is 0.0554 e. The lowest BCUT2D eigenvalue weighted by Gasteiger charge is -2.27. The van der Waals surface area contributed by atoms with E-state index in [1.807, 2.05) is 11.3 Å².